The van der Waals surface area contributed by atoms with Crippen LogP contribution in [0.5, 0.6) is 5.75 Å². The highest BCUT2D eigenvalue weighted by molar-refractivity contribution is 6.34. The third-order valence-corrected chi connectivity index (χ3v) is 4.08. The number of esters is 1. The van der Waals surface area contributed by atoms with Crippen molar-refractivity contribution in [2.75, 3.05) is 11.9 Å². The van der Waals surface area contributed by atoms with E-state index in [-0.39, 0.29) is 33.9 Å². The molecule has 2 aromatic rings. The summed E-state index contributed by atoms with van der Waals surface area (Å²) in [4.78, 5) is 39.8. The third-order valence-electron chi connectivity index (χ3n) is 3.58. The summed E-state index contributed by atoms with van der Waals surface area (Å²) in [5, 5.41) is 2.63. The lowest BCUT2D eigenvalue weighted by Crippen LogP contribution is -2.27. The van der Waals surface area contributed by atoms with E-state index in [1.54, 1.807) is 6.07 Å². The molecule has 0 bridgehead atoms. The number of pyridine rings is 1. The van der Waals surface area contributed by atoms with Gasteiger partial charge in [0.2, 0.25) is 5.78 Å². The molecule has 0 saturated carbocycles. The Labute approximate surface area is 158 Å². The molecule has 1 aromatic carbocycles. The van der Waals surface area contributed by atoms with Gasteiger partial charge in [0.15, 0.2) is 12.7 Å². The van der Waals surface area contributed by atoms with Crippen LogP contribution in [0.3, 0.4) is 0 Å². The summed E-state index contributed by atoms with van der Waals surface area (Å²) in [5.41, 5.74) is 0.646. The lowest BCUT2D eigenvalue weighted by Gasteiger charge is -2.19. The first-order chi connectivity index (χ1) is 12.3. The molecule has 26 heavy (non-hydrogen) atoms. The van der Waals surface area contributed by atoms with Crippen molar-refractivity contribution in [1.29, 1.82) is 0 Å². The monoisotopic (exact) mass is 394 g/mol. The predicted octanol–water partition coefficient (Wildman–Crippen LogP) is 3.15. The van der Waals surface area contributed by atoms with Gasteiger partial charge in [-0.05, 0) is 37.3 Å². The van der Waals surface area contributed by atoms with E-state index in [9.17, 15) is 14.4 Å². The van der Waals surface area contributed by atoms with Crippen molar-refractivity contribution in [2.24, 2.45) is 0 Å². The van der Waals surface area contributed by atoms with E-state index >= 15 is 0 Å². The zero-order valence-corrected chi connectivity index (χ0v) is 14.9. The highest BCUT2D eigenvalue weighted by Gasteiger charge is 2.24. The molecular formula is C17H12Cl2N2O5. The van der Waals surface area contributed by atoms with Crippen LogP contribution < -0.4 is 10.1 Å². The van der Waals surface area contributed by atoms with E-state index in [1.165, 1.54) is 31.2 Å². The number of amides is 1. The van der Waals surface area contributed by atoms with Gasteiger partial charge in [-0.15, -0.1) is 0 Å². The average Bonchev–Trinajstić information content (AvgIpc) is 2.60. The van der Waals surface area contributed by atoms with Crippen LogP contribution in [0.1, 0.15) is 27.6 Å². The Morgan fingerprint density at radius 3 is 2.77 bits per heavy atom. The van der Waals surface area contributed by atoms with E-state index in [2.05, 4.69) is 10.3 Å². The van der Waals surface area contributed by atoms with Crippen molar-refractivity contribution in [2.45, 2.75) is 13.0 Å². The molecule has 1 unspecified atom stereocenters. The molecule has 1 aliphatic rings. The Hall–Kier alpha value is -2.64. The number of ketones is 1. The number of hydrogen-bond acceptors (Lipinski definition) is 6. The maximum Gasteiger partial charge on any atom is 0.342 e. The minimum absolute atomic E-state index is 0.00169. The Kier molecular flexibility index (Phi) is 5.11. The fraction of sp³-hybridized carbons (Fsp3) is 0.176. The number of ether oxygens (including phenoxy) is 2. The Bertz CT molecular complexity index is 916. The number of fused-ring (bicyclic) bond motifs is 1. The predicted molar refractivity (Wildman–Crippen MR) is 94.0 cm³/mol. The van der Waals surface area contributed by atoms with Gasteiger partial charge in [-0.1, -0.05) is 23.2 Å². The topological polar surface area (TPSA) is 94.6 Å². The Morgan fingerprint density at radius 1 is 1.27 bits per heavy atom. The molecule has 3 rings (SSSR count). The number of rotatable bonds is 4. The van der Waals surface area contributed by atoms with Gasteiger partial charge in [-0.2, -0.15) is 0 Å². The molecule has 0 aliphatic carbocycles. The minimum atomic E-state index is -1.08. The first-order valence-electron chi connectivity index (χ1n) is 7.49. The molecule has 0 fully saturated rings. The van der Waals surface area contributed by atoms with Gasteiger partial charge in [-0.25, -0.2) is 9.78 Å². The summed E-state index contributed by atoms with van der Waals surface area (Å²) in [6.45, 7) is 1.36. The van der Waals surface area contributed by atoms with E-state index in [0.717, 1.165) is 0 Å². The van der Waals surface area contributed by atoms with E-state index < -0.39 is 17.9 Å². The number of benzene rings is 1. The summed E-state index contributed by atoms with van der Waals surface area (Å²) in [6.07, 6.45) is -1.08. The van der Waals surface area contributed by atoms with Crippen LogP contribution in [0.4, 0.5) is 5.69 Å². The molecule has 0 spiro atoms. The fourth-order valence-corrected chi connectivity index (χ4v) is 2.74. The number of nitrogens with one attached hydrogen (secondary N) is 1. The molecule has 1 amide bonds. The van der Waals surface area contributed by atoms with Crippen LogP contribution in [0.2, 0.25) is 10.3 Å². The number of nitrogens with zero attached hydrogens (tertiary/aromatic N) is 1. The van der Waals surface area contributed by atoms with E-state index in [0.29, 0.717) is 11.4 Å². The lowest BCUT2D eigenvalue weighted by atomic mass is 10.1. The van der Waals surface area contributed by atoms with Gasteiger partial charge in [0.05, 0.1) is 11.3 Å². The van der Waals surface area contributed by atoms with Crippen molar-refractivity contribution in [3.8, 4) is 5.75 Å². The van der Waals surface area contributed by atoms with Crippen LogP contribution in [0, 0.1) is 0 Å². The van der Waals surface area contributed by atoms with Crippen LogP contribution >= 0.6 is 23.2 Å². The smallest absolute Gasteiger partial charge is 0.342 e. The molecule has 1 aliphatic heterocycles. The standard InChI is InChI=1S/C17H12Cl2N2O5/c1-8(26-17(24)10-3-5-13(18)21-16(10)19)15(23)9-2-4-12-11(6-9)20-14(22)7-25-12/h2-6,8H,7H2,1H3,(H,20,22). The van der Waals surface area contributed by atoms with Gasteiger partial charge in [0, 0.05) is 5.56 Å². The van der Waals surface area contributed by atoms with Gasteiger partial charge in [0.25, 0.3) is 5.91 Å². The van der Waals surface area contributed by atoms with Crippen LogP contribution in [0.15, 0.2) is 30.3 Å². The maximum atomic E-state index is 12.5. The quantitative estimate of drug-likeness (QED) is 0.486. The van der Waals surface area contributed by atoms with E-state index in [1.807, 2.05) is 0 Å². The number of carbonyl (C=O) groups is 3. The molecule has 7 nitrogen and oxygen atoms in total. The molecule has 1 N–H and O–H groups in total. The lowest BCUT2D eigenvalue weighted by molar-refractivity contribution is -0.118. The fourth-order valence-electron chi connectivity index (χ4n) is 2.31. The van der Waals surface area contributed by atoms with Crippen LogP contribution in [-0.2, 0) is 9.53 Å². The molecule has 0 radical (unpaired) electrons. The summed E-state index contributed by atoms with van der Waals surface area (Å²) >= 11 is 11.5. The van der Waals surface area contributed by atoms with Crippen LogP contribution in [-0.4, -0.2) is 35.4 Å². The number of carbonyl (C=O) groups excluding carboxylic acids is 3. The van der Waals surface area contributed by atoms with Gasteiger partial charge in [-0.3, -0.25) is 9.59 Å². The summed E-state index contributed by atoms with van der Waals surface area (Å²) in [6, 6.07) is 7.32. The van der Waals surface area contributed by atoms with Gasteiger partial charge in [0.1, 0.15) is 16.1 Å². The van der Waals surface area contributed by atoms with Crippen LogP contribution in [0.25, 0.3) is 0 Å². The number of Topliss-reactive ketones (excluding diaryl/α,β-unsaturated/α-hetero) is 1. The second-order valence-corrected chi connectivity index (χ2v) is 6.18. The largest absolute Gasteiger partial charge is 0.482 e. The number of hydrogen-bond donors (Lipinski definition) is 1. The number of anilines is 1. The minimum Gasteiger partial charge on any atom is -0.482 e. The Balaban J connectivity index is 1.74. The van der Waals surface area contributed by atoms with E-state index in [4.69, 9.17) is 32.7 Å². The zero-order valence-electron chi connectivity index (χ0n) is 13.4. The number of halogens is 2. The van der Waals surface area contributed by atoms with Crippen molar-refractivity contribution in [3.05, 3.63) is 51.8 Å². The average molecular weight is 395 g/mol. The molecule has 1 atom stereocenters. The zero-order chi connectivity index (χ0) is 18.8. The highest BCUT2D eigenvalue weighted by atomic mass is 35.5. The van der Waals surface area contributed by atoms with Gasteiger partial charge >= 0.3 is 5.97 Å². The molecule has 9 heteroatoms. The van der Waals surface area contributed by atoms with Gasteiger partial charge < -0.3 is 14.8 Å². The summed E-state index contributed by atoms with van der Waals surface area (Å²) in [7, 11) is 0. The first-order valence-corrected chi connectivity index (χ1v) is 8.24. The van der Waals surface area contributed by atoms with Crippen molar-refractivity contribution in [3.63, 3.8) is 0 Å². The normalized spacial score (nSPS) is 13.9. The molecular weight excluding hydrogens is 383 g/mol. The highest BCUT2D eigenvalue weighted by Crippen LogP contribution is 2.29. The molecule has 1 aromatic heterocycles. The summed E-state index contributed by atoms with van der Waals surface area (Å²) in [5.74, 6) is -1.09. The second-order valence-electron chi connectivity index (χ2n) is 5.43. The van der Waals surface area contributed by atoms with Crippen molar-refractivity contribution >= 4 is 46.5 Å². The first kappa shape index (κ1) is 18.2. The van der Waals surface area contributed by atoms with Crippen molar-refractivity contribution < 1.29 is 23.9 Å². The molecule has 0 saturated heterocycles. The molecule has 134 valence electrons. The number of aromatic nitrogens is 1. The maximum absolute atomic E-state index is 12.5. The third kappa shape index (κ3) is 3.79. The Morgan fingerprint density at radius 2 is 2.04 bits per heavy atom. The second kappa shape index (κ2) is 7.31. The van der Waals surface area contributed by atoms with Crippen molar-refractivity contribution in [1.82, 2.24) is 4.98 Å². The molecule has 2 heterocycles. The SMILES string of the molecule is CC(OC(=O)c1ccc(Cl)nc1Cl)C(=O)c1ccc2c(c1)NC(=O)CO2. The summed E-state index contributed by atoms with van der Waals surface area (Å²) < 4.78 is 10.4.